The van der Waals surface area contributed by atoms with E-state index in [4.69, 9.17) is 4.74 Å². The Hall–Kier alpha value is -1.44. The molecule has 0 aliphatic carbocycles. The van der Waals surface area contributed by atoms with Gasteiger partial charge in [-0.25, -0.2) is 4.79 Å². The topological polar surface area (TPSA) is 105 Å². The van der Waals surface area contributed by atoms with Crippen molar-refractivity contribution in [1.82, 2.24) is 9.55 Å². The van der Waals surface area contributed by atoms with Crippen molar-refractivity contribution in [1.29, 1.82) is 0 Å². The van der Waals surface area contributed by atoms with Crippen molar-refractivity contribution in [3.05, 3.63) is 32.6 Å². The van der Waals surface area contributed by atoms with Gasteiger partial charge < -0.3 is 14.9 Å². The molecule has 0 spiro atoms. The third kappa shape index (κ3) is 2.63. The van der Waals surface area contributed by atoms with Gasteiger partial charge in [0, 0.05) is 18.2 Å². The predicted molar refractivity (Wildman–Crippen MR) is 66.9 cm³/mol. The van der Waals surface area contributed by atoms with E-state index in [1.54, 1.807) is 6.92 Å². The number of nitrogens with zero attached hydrogens (tertiary/aromatic N) is 1. The van der Waals surface area contributed by atoms with Crippen LogP contribution in [0.3, 0.4) is 0 Å². The van der Waals surface area contributed by atoms with Gasteiger partial charge in [0.1, 0.15) is 12.3 Å². The molecule has 7 heteroatoms. The number of aromatic amines is 1. The van der Waals surface area contributed by atoms with Gasteiger partial charge in [0.15, 0.2) is 0 Å². The Labute approximate surface area is 109 Å². The minimum Gasteiger partial charge on any atom is -0.390 e. The lowest BCUT2D eigenvalue weighted by Gasteiger charge is -2.27. The fourth-order valence-corrected chi connectivity index (χ4v) is 2.26. The SMILES string of the molecule is Cc1cn([C@H]2CC(O)[C@@H](C(C)(C)O)O2)c(=O)[nH]c1=O. The molecule has 1 aromatic heterocycles. The third-order valence-electron chi connectivity index (χ3n) is 3.25. The average molecular weight is 270 g/mol. The molecule has 1 unspecified atom stereocenters. The molecule has 3 atom stereocenters. The van der Waals surface area contributed by atoms with Crippen molar-refractivity contribution in [2.75, 3.05) is 0 Å². The standard InChI is InChI=1S/C12H18N2O5/c1-6-5-14(11(17)13-10(6)16)8-4-7(15)9(19-8)12(2,3)18/h5,7-9,15,18H,4H2,1-3H3,(H,13,16,17)/t7?,8-,9+/m1/s1. The molecule has 2 heterocycles. The molecular formula is C12H18N2O5. The number of nitrogens with one attached hydrogen (secondary N) is 1. The summed E-state index contributed by atoms with van der Waals surface area (Å²) in [4.78, 5) is 25.2. The summed E-state index contributed by atoms with van der Waals surface area (Å²) < 4.78 is 6.77. The van der Waals surface area contributed by atoms with Crippen LogP contribution < -0.4 is 11.2 Å². The van der Waals surface area contributed by atoms with Gasteiger partial charge in [-0.3, -0.25) is 14.3 Å². The van der Waals surface area contributed by atoms with Crippen LogP contribution in [-0.4, -0.2) is 37.6 Å². The summed E-state index contributed by atoms with van der Waals surface area (Å²) in [5.41, 5.74) is -1.87. The summed E-state index contributed by atoms with van der Waals surface area (Å²) in [5, 5.41) is 19.8. The highest BCUT2D eigenvalue weighted by molar-refractivity contribution is 5.02. The van der Waals surface area contributed by atoms with Gasteiger partial charge in [-0.1, -0.05) is 0 Å². The summed E-state index contributed by atoms with van der Waals surface area (Å²) in [6.45, 7) is 4.64. The average Bonchev–Trinajstić information content (AvgIpc) is 2.65. The number of aliphatic hydroxyl groups is 2. The van der Waals surface area contributed by atoms with E-state index in [-0.39, 0.29) is 6.42 Å². The zero-order chi connectivity index (χ0) is 14.4. The first kappa shape index (κ1) is 14.0. The van der Waals surface area contributed by atoms with Crippen molar-refractivity contribution < 1.29 is 14.9 Å². The summed E-state index contributed by atoms with van der Waals surface area (Å²) in [6.07, 6.45) is -0.777. The predicted octanol–water partition coefficient (Wildman–Crippen LogP) is -0.736. The molecule has 19 heavy (non-hydrogen) atoms. The largest absolute Gasteiger partial charge is 0.390 e. The maximum absolute atomic E-state index is 11.7. The second kappa shape index (κ2) is 4.59. The molecule has 0 bridgehead atoms. The fourth-order valence-electron chi connectivity index (χ4n) is 2.26. The Bertz CT molecular complexity index is 583. The summed E-state index contributed by atoms with van der Waals surface area (Å²) in [7, 11) is 0. The van der Waals surface area contributed by atoms with Gasteiger partial charge in [0.05, 0.1) is 11.7 Å². The summed E-state index contributed by atoms with van der Waals surface area (Å²) >= 11 is 0. The summed E-state index contributed by atoms with van der Waals surface area (Å²) in [6, 6.07) is 0. The number of ether oxygens (including phenoxy) is 1. The molecule has 1 aromatic rings. The molecule has 2 rings (SSSR count). The number of hydrogen-bond donors (Lipinski definition) is 3. The molecule has 1 saturated heterocycles. The van der Waals surface area contributed by atoms with E-state index in [1.165, 1.54) is 24.6 Å². The van der Waals surface area contributed by atoms with E-state index >= 15 is 0 Å². The lowest BCUT2D eigenvalue weighted by Crippen LogP contribution is -2.42. The lowest BCUT2D eigenvalue weighted by atomic mass is 9.97. The van der Waals surface area contributed by atoms with Gasteiger partial charge in [-0.2, -0.15) is 0 Å². The molecule has 0 aromatic carbocycles. The van der Waals surface area contributed by atoms with Gasteiger partial charge in [0.2, 0.25) is 0 Å². The Kier molecular flexibility index (Phi) is 3.38. The maximum Gasteiger partial charge on any atom is 0.330 e. The zero-order valence-electron chi connectivity index (χ0n) is 11.1. The smallest absolute Gasteiger partial charge is 0.330 e. The van der Waals surface area contributed by atoms with Crippen LogP contribution in [0.15, 0.2) is 15.8 Å². The Morgan fingerprint density at radius 3 is 2.63 bits per heavy atom. The minimum absolute atomic E-state index is 0.181. The number of rotatable bonds is 2. The van der Waals surface area contributed by atoms with Crippen molar-refractivity contribution in [3.63, 3.8) is 0 Å². The first-order chi connectivity index (χ1) is 8.70. The quantitative estimate of drug-likeness (QED) is 0.657. The van der Waals surface area contributed by atoms with E-state index in [9.17, 15) is 19.8 Å². The number of H-pyrrole nitrogens is 1. The second-order valence-electron chi connectivity index (χ2n) is 5.45. The van der Waals surface area contributed by atoms with Crippen molar-refractivity contribution in [2.45, 2.75) is 51.2 Å². The normalized spacial score (nSPS) is 27.7. The van der Waals surface area contributed by atoms with Crippen LogP contribution in [0.5, 0.6) is 0 Å². The van der Waals surface area contributed by atoms with Crippen LogP contribution in [0.2, 0.25) is 0 Å². The van der Waals surface area contributed by atoms with E-state index in [0.29, 0.717) is 5.56 Å². The highest BCUT2D eigenvalue weighted by Crippen LogP contribution is 2.33. The minimum atomic E-state index is -1.21. The Morgan fingerprint density at radius 2 is 2.11 bits per heavy atom. The van der Waals surface area contributed by atoms with E-state index in [1.807, 2.05) is 0 Å². The molecule has 0 saturated carbocycles. The van der Waals surface area contributed by atoms with Crippen molar-refractivity contribution >= 4 is 0 Å². The lowest BCUT2D eigenvalue weighted by molar-refractivity contribution is -0.123. The molecule has 3 N–H and O–H groups in total. The molecule has 1 fully saturated rings. The molecule has 0 radical (unpaired) electrons. The molecule has 1 aliphatic heterocycles. The highest BCUT2D eigenvalue weighted by Gasteiger charge is 2.43. The van der Waals surface area contributed by atoms with E-state index in [2.05, 4.69) is 4.98 Å². The fraction of sp³-hybridized carbons (Fsp3) is 0.667. The van der Waals surface area contributed by atoms with Gasteiger partial charge >= 0.3 is 5.69 Å². The van der Waals surface area contributed by atoms with E-state index < -0.39 is 35.3 Å². The van der Waals surface area contributed by atoms with Gasteiger partial charge in [0.25, 0.3) is 5.56 Å². The molecule has 1 aliphatic rings. The monoisotopic (exact) mass is 270 g/mol. The van der Waals surface area contributed by atoms with E-state index in [0.717, 1.165) is 0 Å². The number of aryl methyl sites for hydroxylation is 1. The Balaban J connectivity index is 2.33. The first-order valence-electron chi connectivity index (χ1n) is 6.08. The highest BCUT2D eigenvalue weighted by atomic mass is 16.5. The van der Waals surface area contributed by atoms with Crippen LogP contribution >= 0.6 is 0 Å². The zero-order valence-corrected chi connectivity index (χ0v) is 11.1. The molecule has 106 valence electrons. The first-order valence-corrected chi connectivity index (χ1v) is 6.08. The van der Waals surface area contributed by atoms with Crippen LogP contribution in [-0.2, 0) is 4.74 Å². The Morgan fingerprint density at radius 1 is 1.47 bits per heavy atom. The second-order valence-corrected chi connectivity index (χ2v) is 5.45. The number of aliphatic hydroxyl groups excluding tert-OH is 1. The van der Waals surface area contributed by atoms with Gasteiger partial charge in [-0.15, -0.1) is 0 Å². The van der Waals surface area contributed by atoms with Crippen molar-refractivity contribution in [3.8, 4) is 0 Å². The van der Waals surface area contributed by atoms with Crippen LogP contribution in [0.25, 0.3) is 0 Å². The number of hydrogen-bond acceptors (Lipinski definition) is 5. The van der Waals surface area contributed by atoms with Crippen LogP contribution in [0, 0.1) is 6.92 Å². The van der Waals surface area contributed by atoms with Crippen LogP contribution in [0.4, 0.5) is 0 Å². The molecule has 7 nitrogen and oxygen atoms in total. The summed E-state index contributed by atoms with van der Waals surface area (Å²) in [5.74, 6) is 0. The van der Waals surface area contributed by atoms with Crippen LogP contribution in [0.1, 0.15) is 32.1 Å². The maximum atomic E-state index is 11.7. The van der Waals surface area contributed by atoms with Gasteiger partial charge in [-0.05, 0) is 20.8 Å². The molecule has 0 amide bonds. The van der Waals surface area contributed by atoms with Crippen molar-refractivity contribution in [2.24, 2.45) is 0 Å². The number of aromatic nitrogens is 2. The third-order valence-corrected chi connectivity index (χ3v) is 3.25. The molecular weight excluding hydrogens is 252 g/mol.